The Hall–Kier alpha value is -1.64. The number of carbonyl (C=O) groups excluding carboxylic acids is 1. The van der Waals surface area contributed by atoms with Crippen LogP contribution in [-0.2, 0) is 15.0 Å². The highest BCUT2D eigenvalue weighted by molar-refractivity contribution is 7.90. The van der Waals surface area contributed by atoms with E-state index in [9.17, 15) is 13.2 Å². The van der Waals surface area contributed by atoms with Crippen LogP contribution in [-0.4, -0.2) is 20.9 Å². The molecule has 8 heteroatoms. The first kappa shape index (κ1) is 14.4. The summed E-state index contributed by atoms with van der Waals surface area (Å²) in [6.45, 7) is 1.93. The summed E-state index contributed by atoms with van der Waals surface area (Å²) in [7, 11) is -3.83. The van der Waals surface area contributed by atoms with Crippen LogP contribution in [0.5, 0.6) is 0 Å². The molecule has 1 rings (SSSR count). The number of nitrogens with two attached hydrogens (primary N) is 2. The van der Waals surface area contributed by atoms with Gasteiger partial charge in [0.25, 0.3) is 10.2 Å². The minimum absolute atomic E-state index is 0.231. The minimum atomic E-state index is -3.83. The predicted molar refractivity (Wildman–Crippen MR) is 70.0 cm³/mol. The van der Waals surface area contributed by atoms with Crippen LogP contribution in [0.15, 0.2) is 24.3 Å². The molecule has 1 atom stereocenters. The van der Waals surface area contributed by atoms with Crippen molar-refractivity contribution in [1.82, 2.24) is 0 Å². The van der Waals surface area contributed by atoms with Crippen molar-refractivity contribution in [3.8, 4) is 0 Å². The summed E-state index contributed by atoms with van der Waals surface area (Å²) in [6, 6.07) is 6.21. The molecule has 0 heterocycles. The SMILES string of the molecule is CC(CN)C(=O)Nc1cccc(NS(N)(=O)=O)c1. The van der Waals surface area contributed by atoms with Crippen molar-refractivity contribution in [2.75, 3.05) is 16.6 Å². The summed E-state index contributed by atoms with van der Waals surface area (Å²) in [5, 5.41) is 7.47. The molecular formula is C10H16N4O3S. The molecular weight excluding hydrogens is 256 g/mol. The molecule has 0 aliphatic rings. The molecule has 100 valence electrons. The molecule has 0 saturated carbocycles. The van der Waals surface area contributed by atoms with Crippen molar-refractivity contribution < 1.29 is 13.2 Å². The number of anilines is 2. The lowest BCUT2D eigenvalue weighted by molar-refractivity contribution is -0.119. The molecule has 1 aromatic rings. The fourth-order valence-electron chi connectivity index (χ4n) is 1.20. The van der Waals surface area contributed by atoms with Gasteiger partial charge in [-0.15, -0.1) is 0 Å². The summed E-state index contributed by atoms with van der Waals surface area (Å²) in [5.74, 6) is -0.551. The summed E-state index contributed by atoms with van der Waals surface area (Å²) in [5.41, 5.74) is 6.11. The average molecular weight is 272 g/mol. The smallest absolute Gasteiger partial charge is 0.296 e. The Balaban J connectivity index is 2.80. The highest BCUT2D eigenvalue weighted by Gasteiger charge is 2.11. The third-order valence-electron chi connectivity index (χ3n) is 2.19. The van der Waals surface area contributed by atoms with Gasteiger partial charge < -0.3 is 11.1 Å². The van der Waals surface area contributed by atoms with Crippen molar-refractivity contribution in [3.05, 3.63) is 24.3 Å². The number of amides is 1. The third-order valence-corrected chi connectivity index (χ3v) is 2.71. The Morgan fingerprint density at radius 1 is 1.39 bits per heavy atom. The molecule has 0 spiro atoms. The second-order valence-corrected chi connectivity index (χ2v) is 5.15. The maximum absolute atomic E-state index is 11.6. The van der Waals surface area contributed by atoms with Gasteiger partial charge in [0.05, 0.1) is 5.69 Å². The maximum atomic E-state index is 11.6. The molecule has 0 aliphatic carbocycles. The average Bonchev–Trinajstić information content (AvgIpc) is 2.26. The molecule has 1 amide bonds. The van der Waals surface area contributed by atoms with Gasteiger partial charge >= 0.3 is 0 Å². The van der Waals surface area contributed by atoms with Gasteiger partial charge in [0, 0.05) is 18.2 Å². The van der Waals surface area contributed by atoms with Gasteiger partial charge in [-0.3, -0.25) is 9.52 Å². The molecule has 0 bridgehead atoms. The van der Waals surface area contributed by atoms with Crippen molar-refractivity contribution in [1.29, 1.82) is 0 Å². The van der Waals surface area contributed by atoms with E-state index in [0.29, 0.717) is 5.69 Å². The summed E-state index contributed by atoms with van der Waals surface area (Å²) < 4.78 is 23.8. The van der Waals surface area contributed by atoms with Crippen molar-refractivity contribution >= 4 is 27.5 Å². The summed E-state index contributed by atoms with van der Waals surface area (Å²) in [6.07, 6.45) is 0. The van der Waals surface area contributed by atoms with Crippen molar-refractivity contribution in [2.45, 2.75) is 6.92 Å². The molecule has 0 aromatic heterocycles. The molecule has 0 fully saturated rings. The normalized spacial score (nSPS) is 12.8. The van der Waals surface area contributed by atoms with Gasteiger partial charge in [-0.05, 0) is 18.2 Å². The van der Waals surface area contributed by atoms with Crippen LogP contribution < -0.4 is 20.9 Å². The Labute approximate surface area is 106 Å². The third kappa shape index (κ3) is 4.70. The Bertz CT molecular complexity index is 530. The van der Waals surface area contributed by atoms with Crippen LogP contribution in [0.1, 0.15) is 6.92 Å². The number of benzene rings is 1. The van der Waals surface area contributed by atoms with E-state index in [4.69, 9.17) is 10.9 Å². The quantitative estimate of drug-likeness (QED) is 0.593. The second-order valence-electron chi connectivity index (χ2n) is 3.85. The number of carbonyl (C=O) groups is 1. The summed E-state index contributed by atoms with van der Waals surface area (Å²) >= 11 is 0. The van der Waals surface area contributed by atoms with Crippen LogP contribution in [0.3, 0.4) is 0 Å². The van der Waals surface area contributed by atoms with Crippen LogP contribution in [0.2, 0.25) is 0 Å². The van der Waals surface area contributed by atoms with E-state index in [1.807, 2.05) is 0 Å². The number of hydrogen-bond donors (Lipinski definition) is 4. The first-order valence-corrected chi connectivity index (χ1v) is 6.78. The molecule has 1 aromatic carbocycles. The highest BCUT2D eigenvalue weighted by atomic mass is 32.2. The zero-order valence-electron chi connectivity index (χ0n) is 9.88. The number of hydrogen-bond acceptors (Lipinski definition) is 4. The van der Waals surface area contributed by atoms with Gasteiger partial charge in [-0.25, -0.2) is 5.14 Å². The van der Waals surface area contributed by atoms with Crippen LogP contribution in [0, 0.1) is 5.92 Å². The van der Waals surface area contributed by atoms with Gasteiger partial charge in [-0.2, -0.15) is 8.42 Å². The maximum Gasteiger partial charge on any atom is 0.296 e. The van der Waals surface area contributed by atoms with E-state index >= 15 is 0 Å². The second kappa shape index (κ2) is 5.80. The lowest BCUT2D eigenvalue weighted by Gasteiger charge is -2.11. The van der Waals surface area contributed by atoms with Crippen molar-refractivity contribution in [3.63, 3.8) is 0 Å². The van der Waals surface area contributed by atoms with E-state index in [1.165, 1.54) is 12.1 Å². The largest absolute Gasteiger partial charge is 0.330 e. The van der Waals surface area contributed by atoms with E-state index in [1.54, 1.807) is 19.1 Å². The van der Waals surface area contributed by atoms with Crippen LogP contribution in [0.4, 0.5) is 11.4 Å². The zero-order chi connectivity index (χ0) is 13.8. The molecule has 7 nitrogen and oxygen atoms in total. The molecule has 6 N–H and O–H groups in total. The highest BCUT2D eigenvalue weighted by Crippen LogP contribution is 2.16. The van der Waals surface area contributed by atoms with E-state index < -0.39 is 10.2 Å². The number of nitrogens with one attached hydrogen (secondary N) is 2. The first-order valence-electron chi connectivity index (χ1n) is 5.23. The van der Waals surface area contributed by atoms with Gasteiger partial charge in [0.15, 0.2) is 0 Å². The lowest BCUT2D eigenvalue weighted by atomic mass is 10.1. The Morgan fingerprint density at radius 3 is 2.56 bits per heavy atom. The Morgan fingerprint density at radius 2 is 2.00 bits per heavy atom. The van der Waals surface area contributed by atoms with Gasteiger partial charge in [-0.1, -0.05) is 13.0 Å². The Kier molecular flexibility index (Phi) is 4.65. The predicted octanol–water partition coefficient (Wildman–Crippen LogP) is -0.165. The first-order chi connectivity index (χ1) is 8.31. The fraction of sp³-hybridized carbons (Fsp3) is 0.300. The fourth-order valence-corrected chi connectivity index (χ4v) is 1.65. The number of rotatable bonds is 5. The van der Waals surface area contributed by atoms with Gasteiger partial charge in [0.1, 0.15) is 0 Å². The molecule has 0 radical (unpaired) electrons. The van der Waals surface area contributed by atoms with E-state index in [0.717, 1.165) is 0 Å². The lowest BCUT2D eigenvalue weighted by Crippen LogP contribution is -2.26. The van der Waals surface area contributed by atoms with Crippen LogP contribution in [0.25, 0.3) is 0 Å². The zero-order valence-corrected chi connectivity index (χ0v) is 10.7. The van der Waals surface area contributed by atoms with E-state index in [-0.39, 0.29) is 24.1 Å². The monoisotopic (exact) mass is 272 g/mol. The molecule has 0 aliphatic heterocycles. The van der Waals surface area contributed by atoms with Crippen molar-refractivity contribution in [2.24, 2.45) is 16.8 Å². The van der Waals surface area contributed by atoms with Crippen LogP contribution >= 0.6 is 0 Å². The summed E-state index contributed by atoms with van der Waals surface area (Å²) in [4.78, 5) is 11.6. The molecule has 18 heavy (non-hydrogen) atoms. The van der Waals surface area contributed by atoms with E-state index in [2.05, 4.69) is 10.0 Å². The topological polar surface area (TPSA) is 127 Å². The molecule has 0 saturated heterocycles. The minimum Gasteiger partial charge on any atom is -0.330 e. The molecule has 1 unspecified atom stereocenters. The standard InChI is InChI=1S/C10H16N4O3S/c1-7(6-11)10(15)13-8-3-2-4-9(5-8)14-18(12,16)17/h2-5,7,14H,6,11H2,1H3,(H,13,15)(H2,12,16,17). The van der Waals surface area contributed by atoms with Gasteiger partial charge in [0.2, 0.25) is 5.91 Å².